The first kappa shape index (κ1) is 13.5. The average molecular weight is 311 g/mol. The van der Waals surface area contributed by atoms with Crippen molar-refractivity contribution in [1.29, 1.82) is 0 Å². The van der Waals surface area contributed by atoms with E-state index in [1.165, 1.54) is 24.0 Å². The molecule has 1 atom stereocenters. The van der Waals surface area contributed by atoms with Gasteiger partial charge in [-0.2, -0.15) is 0 Å². The van der Waals surface area contributed by atoms with E-state index in [0.717, 1.165) is 22.4 Å². The van der Waals surface area contributed by atoms with E-state index in [1.807, 2.05) is 12.1 Å². The number of rotatable bonds is 3. The fourth-order valence-corrected chi connectivity index (χ4v) is 3.03. The molecule has 18 heavy (non-hydrogen) atoms. The molecule has 1 aromatic rings. The highest BCUT2D eigenvalue weighted by molar-refractivity contribution is 9.10. The Bertz CT molecular complexity index is 441. The summed E-state index contributed by atoms with van der Waals surface area (Å²) in [4.78, 5) is 0. The highest BCUT2D eigenvalue weighted by atomic mass is 79.9. The van der Waals surface area contributed by atoms with E-state index in [9.17, 15) is 0 Å². The van der Waals surface area contributed by atoms with Crippen molar-refractivity contribution >= 4 is 15.9 Å². The Hall–Kier alpha value is -0.960. The van der Waals surface area contributed by atoms with Crippen LogP contribution in [0, 0.1) is 0 Å². The molecule has 1 aliphatic rings. The second-order valence-corrected chi connectivity index (χ2v) is 5.65. The van der Waals surface area contributed by atoms with Crippen LogP contribution in [0.5, 0.6) is 11.5 Å². The molecule has 0 bridgehead atoms. The smallest absolute Gasteiger partial charge is 0.127 e. The summed E-state index contributed by atoms with van der Waals surface area (Å²) < 4.78 is 12.0. The van der Waals surface area contributed by atoms with Crippen molar-refractivity contribution in [3.8, 4) is 11.5 Å². The summed E-state index contributed by atoms with van der Waals surface area (Å²) >= 11 is 3.49. The van der Waals surface area contributed by atoms with E-state index in [0.29, 0.717) is 5.92 Å². The fraction of sp³-hybridized carbons (Fsp3) is 0.467. The normalized spacial score (nSPS) is 19.3. The number of ether oxygens (including phenoxy) is 2. The first-order chi connectivity index (χ1) is 8.65. The Kier molecular flexibility index (Phi) is 4.33. The van der Waals surface area contributed by atoms with Crippen LogP contribution in [0.2, 0.25) is 0 Å². The molecule has 0 radical (unpaired) electrons. The van der Waals surface area contributed by atoms with Gasteiger partial charge in [-0.25, -0.2) is 0 Å². The summed E-state index contributed by atoms with van der Waals surface area (Å²) in [6.07, 6.45) is 5.94. The third-order valence-electron chi connectivity index (χ3n) is 3.45. The molecule has 0 aliphatic heterocycles. The number of hydrogen-bond acceptors (Lipinski definition) is 2. The molecular weight excluding hydrogens is 292 g/mol. The average Bonchev–Trinajstić information content (AvgIpc) is 2.37. The minimum Gasteiger partial charge on any atom is -0.496 e. The maximum atomic E-state index is 5.52. The van der Waals surface area contributed by atoms with Crippen LogP contribution in [-0.2, 0) is 0 Å². The van der Waals surface area contributed by atoms with Gasteiger partial charge in [0, 0.05) is 16.0 Å². The number of hydrogen-bond donors (Lipinski definition) is 0. The second-order valence-electron chi connectivity index (χ2n) is 4.74. The van der Waals surface area contributed by atoms with Crippen molar-refractivity contribution in [1.82, 2.24) is 0 Å². The molecule has 98 valence electrons. The van der Waals surface area contributed by atoms with Gasteiger partial charge >= 0.3 is 0 Å². The van der Waals surface area contributed by atoms with Gasteiger partial charge < -0.3 is 9.47 Å². The number of allylic oxidation sites excluding steroid dienone is 2. The molecule has 0 aromatic heterocycles. The quantitative estimate of drug-likeness (QED) is 0.755. The Labute approximate surface area is 117 Å². The van der Waals surface area contributed by atoms with E-state index in [2.05, 4.69) is 28.9 Å². The van der Waals surface area contributed by atoms with Gasteiger partial charge in [-0.15, -0.1) is 0 Å². The largest absolute Gasteiger partial charge is 0.496 e. The molecule has 1 aromatic carbocycles. The lowest BCUT2D eigenvalue weighted by Gasteiger charge is -2.24. The van der Waals surface area contributed by atoms with Crippen LogP contribution in [-0.4, -0.2) is 14.2 Å². The number of methoxy groups -OCH3 is 2. The van der Waals surface area contributed by atoms with Gasteiger partial charge in [-0.3, -0.25) is 0 Å². The molecule has 0 heterocycles. The Morgan fingerprint density at radius 1 is 1.17 bits per heavy atom. The molecule has 0 saturated carbocycles. The van der Waals surface area contributed by atoms with Crippen LogP contribution in [0.4, 0.5) is 0 Å². The lowest BCUT2D eigenvalue weighted by molar-refractivity contribution is 0.379. The molecule has 0 spiro atoms. The maximum Gasteiger partial charge on any atom is 0.127 e. The Morgan fingerprint density at radius 2 is 1.78 bits per heavy atom. The van der Waals surface area contributed by atoms with E-state index < -0.39 is 0 Å². The molecule has 0 fully saturated rings. The Balaban J connectivity index is 2.50. The summed E-state index contributed by atoms with van der Waals surface area (Å²) in [5.41, 5.74) is 2.63. The van der Waals surface area contributed by atoms with Gasteiger partial charge in [0.25, 0.3) is 0 Å². The zero-order valence-corrected chi connectivity index (χ0v) is 12.7. The predicted octanol–water partition coefficient (Wildman–Crippen LogP) is 4.68. The summed E-state index contributed by atoms with van der Waals surface area (Å²) in [5.74, 6) is 2.20. The van der Waals surface area contributed by atoms with Crippen LogP contribution in [0.15, 0.2) is 28.3 Å². The lowest BCUT2D eigenvalue weighted by Crippen LogP contribution is -2.06. The van der Waals surface area contributed by atoms with Crippen molar-refractivity contribution in [2.75, 3.05) is 14.2 Å². The van der Waals surface area contributed by atoms with Crippen LogP contribution in [0.1, 0.15) is 37.7 Å². The van der Waals surface area contributed by atoms with Crippen molar-refractivity contribution in [2.24, 2.45) is 0 Å². The SMILES string of the molecule is COc1cc(Br)cc(OC)c1C1C=C(C)CCC1. The van der Waals surface area contributed by atoms with Gasteiger partial charge in [0.1, 0.15) is 11.5 Å². The molecule has 0 saturated heterocycles. The molecule has 0 amide bonds. The third-order valence-corrected chi connectivity index (χ3v) is 3.91. The zero-order valence-electron chi connectivity index (χ0n) is 11.1. The Morgan fingerprint density at radius 3 is 2.28 bits per heavy atom. The minimum absolute atomic E-state index is 0.400. The van der Waals surface area contributed by atoms with Crippen LogP contribution in [0.25, 0.3) is 0 Å². The molecule has 1 unspecified atom stereocenters. The van der Waals surface area contributed by atoms with Gasteiger partial charge in [-0.05, 0) is 38.3 Å². The van der Waals surface area contributed by atoms with Gasteiger partial charge in [0.05, 0.1) is 14.2 Å². The van der Waals surface area contributed by atoms with E-state index in [-0.39, 0.29) is 0 Å². The monoisotopic (exact) mass is 310 g/mol. The third kappa shape index (κ3) is 2.72. The molecule has 2 nitrogen and oxygen atoms in total. The summed E-state index contributed by atoms with van der Waals surface area (Å²) in [6.45, 7) is 2.20. The van der Waals surface area contributed by atoms with Crippen molar-refractivity contribution in [3.05, 3.63) is 33.8 Å². The van der Waals surface area contributed by atoms with Gasteiger partial charge in [0.2, 0.25) is 0 Å². The first-order valence-electron chi connectivity index (χ1n) is 6.24. The van der Waals surface area contributed by atoms with Gasteiger partial charge in [-0.1, -0.05) is 27.6 Å². The highest BCUT2D eigenvalue weighted by Gasteiger charge is 2.22. The maximum absolute atomic E-state index is 5.52. The molecular formula is C15H19BrO2. The van der Waals surface area contributed by atoms with Crippen molar-refractivity contribution in [2.45, 2.75) is 32.1 Å². The van der Waals surface area contributed by atoms with E-state index in [4.69, 9.17) is 9.47 Å². The van der Waals surface area contributed by atoms with Crippen LogP contribution < -0.4 is 9.47 Å². The number of halogens is 1. The van der Waals surface area contributed by atoms with Crippen molar-refractivity contribution in [3.63, 3.8) is 0 Å². The fourth-order valence-electron chi connectivity index (χ4n) is 2.61. The van der Waals surface area contributed by atoms with E-state index in [1.54, 1.807) is 14.2 Å². The highest BCUT2D eigenvalue weighted by Crippen LogP contribution is 2.43. The minimum atomic E-state index is 0.400. The molecule has 2 rings (SSSR count). The second kappa shape index (κ2) is 5.79. The summed E-state index contributed by atoms with van der Waals surface area (Å²) in [6, 6.07) is 4.02. The van der Waals surface area contributed by atoms with Crippen LogP contribution in [0.3, 0.4) is 0 Å². The standard InChI is InChI=1S/C15H19BrO2/c1-10-5-4-6-11(7-10)15-13(17-2)8-12(16)9-14(15)18-3/h7-9,11H,4-6H2,1-3H3. The zero-order chi connectivity index (χ0) is 13.1. The van der Waals surface area contributed by atoms with Gasteiger partial charge in [0.15, 0.2) is 0 Å². The summed E-state index contributed by atoms with van der Waals surface area (Å²) in [5, 5.41) is 0. The number of benzene rings is 1. The first-order valence-corrected chi connectivity index (χ1v) is 7.03. The predicted molar refractivity (Wildman–Crippen MR) is 77.6 cm³/mol. The van der Waals surface area contributed by atoms with E-state index >= 15 is 0 Å². The molecule has 1 aliphatic carbocycles. The summed E-state index contributed by atoms with van der Waals surface area (Å²) in [7, 11) is 3.42. The van der Waals surface area contributed by atoms with Crippen molar-refractivity contribution < 1.29 is 9.47 Å². The van der Waals surface area contributed by atoms with Crippen LogP contribution >= 0.6 is 15.9 Å². The molecule has 0 N–H and O–H groups in total. The topological polar surface area (TPSA) is 18.5 Å². The lowest BCUT2D eigenvalue weighted by atomic mass is 9.85. The molecule has 3 heteroatoms.